The van der Waals surface area contributed by atoms with E-state index in [0.717, 1.165) is 34.1 Å². The van der Waals surface area contributed by atoms with E-state index < -0.39 is 0 Å². The molecule has 1 saturated heterocycles. The van der Waals surface area contributed by atoms with Gasteiger partial charge in [-0.05, 0) is 73.3 Å². The molecule has 2 amide bonds. The summed E-state index contributed by atoms with van der Waals surface area (Å²) in [5.41, 5.74) is 4.15. The molecule has 0 unspecified atom stereocenters. The number of rotatable bonds is 2. The van der Waals surface area contributed by atoms with Gasteiger partial charge in [-0.3, -0.25) is 9.59 Å². The van der Waals surface area contributed by atoms with E-state index in [0.29, 0.717) is 17.8 Å². The third kappa shape index (κ3) is 2.32. The second kappa shape index (κ2) is 6.03. The number of imide groups is 1. The quantitative estimate of drug-likeness (QED) is 0.637. The Hall–Kier alpha value is -1.94. The summed E-state index contributed by atoms with van der Waals surface area (Å²) in [6, 6.07) is 14.3. The second-order valence-corrected chi connectivity index (χ2v) is 9.15. The zero-order valence-electron chi connectivity index (χ0n) is 15.5. The fourth-order valence-electron chi connectivity index (χ4n) is 5.80. The average molecular weight is 424 g/mol. The van der Waals surface area contributed by atoms with Crippen LogP contribution >= 0.6 is 15.9 Å². The van der Waals surface area contributed by atoms with Crippen LogP contribution < -0.4 is 4.90 Å². The minimum absolute atomic E-state index is 0.0166. The van der Waals surface area contributed by atoms with Gasteiger partial charge in [0.25, 0.3) is 0 Å². The van der Waals surface area contributed by atoms with Crippen LogP contribution in [-0.4, -0.2) is 11.8 Å². The fraction of sp³-hybridized carbons (Fsp3) is 0.391. The van der Waals surface area contributed by atoms with Gasteiger partial charge in [-0.15, -0.1) is 0 Å². The van der Waals surface area contributed by atoms with E-state index in [-0.39, 0.29) is 23.7 Å². The van der Waals surface area contributed by atoms with Crippen molar-refractivity contribution in [1.82, 2.24) is 0 Å². The first-order chi connectivity index (χ1) is 13.0. The molecule has 1 heterocycles. The summed E-state index contributed by atoms with van der Waals surface area (Å²) in [7, 11) is 0. The molecule has 2 saturated carbocycles. The molecule has 2 bridgehead atoms. The molecule has 3 nitrogen and oxygen atoms in total. The Labute approximate surface area is 167 Å². The minimum Gasteiger partial charge on any atom is -0.274 e. The number of hydrogen-bond acceptors (Lipinski definition) is 2. The van der Waals surface area contributed by atoms with Crippen LogP contribution in [-0.2, 0) is 9.59 Å². The van der Waals surface area contributed by atoms with Crippen LogP contribution in [0.3, 0.4) is 0 Å². The molecule has 2 aromatic carbocycles. The normalized spacial score (nSPS) is 31.7. The standard InChI is InChI=1S/C23H22BrNO2/c1-12-13(2)19(9-8-18(12)24)25-22(26)20-15-10-16(14-6-4-3-5-7-14)17(11-15)21(20)23(25)27/h3-9,15-17,20-21H,10-11H2,1-2H3/t15-,16-,17-,20-,21+/m1/s1. The van der Waals surface area contributed by atoms with E-state index in [1.165, 1.54) is 10.5 Å². The monoisotopic (exact) mass is 423 g/mol. The molecular formula is C23H22BrNO2. The maximum Gasteiger partial charge on any atom is 0.238 e. The Bertz CT molecular complexity index is 954. The van der Waals surface area contributed by atoms with E-state index in [2.05, 4.69) is 40.2 Å². The van der Waals surface area contributed by atoms with Crippen LogP contribution in [0.5, 0.6) is 0 Å². The zero-order chi connectivity index (χ0) is 18.9. The van der Waals surface area contributed by atoms with Gasteiger partial charge in [0.15, 0.2) is 0 Å². The molecule has 3 aliphatic rings. The summed E-state index contributed by atoms with van der Waals surface area (Å²) in [6.07, 6.45) is 2.04. The topological polar surface area (TPSA) is 37.4 Å². The number of halogens is 1. The van der Waals surface area contributed by atoms with Crippen LogP contribution in [0, 0.1) is 37.5 Å². The van der Waals surface area contributed by atoms with Gasteiger partial charge in [0.2, 0.25) is 11.8 Å². The van der Waals surface area contributed by atoms with E-state index in [1.54, 1.807) is 0 Å². The lowest BCUT2D eigenvalue weighted by Gasteiger charge is -2.28. The lowest BCUT2D eigenvalue weighted by Crippen LogP contribution is -2.33. The van der Waals surface area contributed by atoms with Crippen molar-refractivity contribution in [2.75, 3.05) is 4.90 Å². The lowest BCUT2D eigenvalue weighted by molar-refractivity contribution is -0.123. The van der Waals surface area contributed by atoms with Gasteiger partial charge in [-0.25, -0.2) is 4.90 Å². The van der Waals surface area contributed by atoms with Crippen LogP contribution in [0.2, 0.25) is 0 Å². The highest BCUT2D eigenvalue weighted by Gasteiger charge is 2.64. The number of carbonyl (C=O) groups excluding carboxylic acids is 2. The molecule has 0 radical (unpaired) electrons. The first-order valence-corrected chi connectivity index (χ1v) is 10.5. The number of carbonyl (C=O) groups is 2. The molecular weight excluding hydrogens is 402 g/mol. The molecule has 0 N–H and O–H groups in total. The van der Waals surface area contributed by atoms with Gasteiger partial charge in [0.05, 0.1) is 17.5 Å². The van der Waals surface area contributed by atoms with Gasteiger partial charge < -0.3 is 0 Å². The molecule has 0 aromatic heterocycles. The highest BCUT2D eigenvalue weighted by Crippen LogP contribution is 2.62. The van der Waals surface area contributed by atoms with Gasteiger partial charge in [-0.1, -0.05) is 46.3 Å². The second-order valence-electron chi connectivity index (χ2n) is 8.29. The van der Waals surface area contributed by atoms with E-state index in [1.807, 2.05) is 32.0 Å². The van der Waals surface area contributed by atoms with Crippen molar-refractivity contribution in [2.45, 2.75) is 32.6 Å². The SMILES string of the molecule is Cc1c(Br)ccc(N2C(=O)[C@@H]3[C@H]4C[C@@H]([C@@H]3C2=O)[C@@H](c2ccccc2)C4)c1C. The Morgan fingerprint density at radius 3 is 2.33 bits per heavy atom. The van der Waals surface area contributed by atoms with Crippen molar-refractivity contribution in [3.63, 3.8) is 0 Å². The summed E-state index contributed by atoms with van der Waals surface area (Å²) in [6.45, 7) is 4.01. The third-order valence-electron chi connectivity index (χ3n) is 7.18. The molecule has 138 valence electrons. The van der Waals surface area contributed by atoms with Gasteiger partial charge in [-0.2, -0.15) is 0 Å². The molecule has 4 heteroatoms. The van der Waals surface area contributed by atoms with E-state index in [4.69, 9.17) is 0 Å². The summed E-state index contributed by atoms with van der Waals surface area (Å²) in [4.78, 5) is 28.2. The van der Waals surface area contributed by atoms with E-state index in [9.17, 15) is 9.59 Å². The molecule has 1 aliphatic heterocycles. The van der Waals surface area contributed by atoms with Crippen LogP contribution in [0.25, 0.3) is 0 Å². The zero-order valence-corrected chi connectivity index (χ0v) is 17.1. The Kier molecular flexibility index (Phi) is 3.84. The number of hydrogen-bond donors (Lipinski definition) is 0. The molecule has 5 rings (SSSR count). The van der Waals surface area contributed by atoms with E-state index >= 15 is 0 Å². The van der Waals surface area contributed by atoms with Gasteiger partial charge in [0.1, 0.15) is 0 Å². The van der Waals surface area contributed by atoms with Crippen molar-refractivity contribution >= 4 is 33.4 Å². The van der Waals surface area contributed by atoms with Crippen LogP contribution in [0.4, 0.5) is 5.69 Å². The number of amides is 2. The minimum atomic E-state index is -0.148. The Balaban J connectivity index is 1.52. The molecule has 5 atom stereocenters. The average Bonchev–Trinajstić information content (AvgIpc) is 3.33. The predicted molar refractivity (Wildman–Crippen MR) is 108 cm³/mol. The fourth-order valence-corrected chi connectivity index (χ4v) is 6.23. The number of benzene rings is 2. The first kappa shape index (κ1) is 17.2. The van der Waals surface area contributed by atoms with Gasteiger partial charge in [0, 0.05) is 4.47 Å². The van der Waals surface area contributed by atoms with Crippen molar-refractivity contribution in [1.29, 1.82) is 0 Å². The van der Waals surface area contributed by atoms with Crippen LogP contribution in [0.1, 0.15) is 35.4 Å². The Morgan fingerprint density at radius 2 is 1.59 bits per heavy atom. The highest BCUT2D eigenvalue weighted by atomic mass is 79.9. The molecule has 2 aromatic rings. The summed E-state index contributed by atoms with van der Waals surface area (Å²) in [5.74, 6) is 0.804. The van der Waals surface area contributed by atoms with Crippen molar-refractivity contribution in [2.24, 2.45) is 23.7 Å². The molecule has 0 spiro atoms. The summed E-state index contributed by atoms with van der Waals surface area (Å²) in [5, 5.41) is 0. The molecule has 27 heavy (non-hydrogen) atoms. The maximum atomic E-state index is 13.4. The lowest BCUT2D eigenvalue weighted by atomic mass is 9.73. The number of fused-ring (bicyclic) bond motifs is 5. The van der Waals surface area contributed by atoms with Crippen molar-refractivity contribution in [3.05, 3.63) is 63.6 Å². The van der Waals surface area contributed by atoms with Crippen LogP contribution in [0.15, 0.2) is 46.9 Å². The first-order valence-electron chi connectivity index (χ1n) is 9.67. The number of anilines is 1. The highest BCUT2D eigenvalue weighted by molar-refractivity contribution is 9.10. The van der Waals surface area contributed by atoms with Gasteiger partial charge >= 0.3 is 0 Å². The molecule has 3 fully saturated rings. The molecule has 2 aliphatic carbocycles. The summed E-state index contributed by atoms with van der Waals surface area (Å²) < 4.78 is 1.01. The Morgan fingerprint density at radius 1 is 0.889 bits per heavy atom. The number of nitrogens with zero attached hydrogens (tertiary/aromatic N) is 1. The smallest absolute Gasteiger partial charge is 0.238 e. The van der Waals surface area contributed by atoms with Crippen molar-refractivity contribution in [3.8, 4) is 0 Å². The predicted octanol–water partition coefficient (Wildman–Crippen LogP) is 5.00. The van der Waals surface area contributed by atoms with Crippen molar-refractivity contribution < 1.29 is 9.59 Å². The third-order valence-corrected chi connectivity index (χ3v) is 8.04. The summed E-state index contributed by atoms with van der Waals surface area (Å²) >= 11 is 3.54. The largest absolute Gasteiger partial charge is 0.274 e. The maximum absolute atomic E-state index is 13.4.